The van der Waals surface area contributed by atoms with Crippen LogP contribution in [0.4, 0.5) is 117 Å². The lowest BCUT2D eigenvalue weighted by molar-refractivity contribution is -0.144. The summed E-state index contributed by atoms with van der Waals surface area (Å²) in [6, 6.07) is 31.8. The highest BCUT2D eigenvalue weighted by atomic mass is 19.4. The average Bonchev–Trinajstić information content (AvgIpc) is 0.666. The molecule has 0 aliphatic carbocycles. The van der Waals surface area contributed by atoms with Crippen LogP contribution in [0.2, 0.25) is 0 Å². The number of carbonyl (C=O) groups is 4. The molecule has 0 radical (unpaired) electrons. The van der Waals surface area contributed by atoms with Crippen molar-refractivity contribution in [3.63, 3.8) is 0 Å². The number of para-hydroxylation sites is 2. The molecule has 0 bridgehead atoms. The van der Waals surface area contributed by atoms with E-state index < -0.39 is 253 Å². The van der Waals surface area contributed by atoms with Crippen LogP contribution >= 0.6 is 0 Å². The van der Waals surface area contributed by atoms with Gasteiger partial charge in [-0.1, -0.05) is 144 Å². The molecule has 2 aliphatic rings. The molecule has 38 heteroatoms. The second kappa shape index (κ2) is 35.2. The summed E-state index contributed by atoms with van der Waals surface area (Å²) in [4.78, 5) is 69.1. The molecule has 0 spiro atoms. The molecule has 14 nitrogen and oxygen atoms in total. The third-order valence-electron chi connectivity index (χ3n) is 24.2. The van der Waals surface area contributed by atoms with E-state index >= 15 is 19.2 Å². The van der Waals surface area contributed by atoms with E-state index in [-0.39, 0.29) is 138 Å². The number of carbonyl (C=O) groups excluding carboxylic acids is 4. The number of benzene rings is 15. The van der Waals surface area contributed by atoms with Crippen molar-refractivity contribution in [3.05, 3.63) is 320 Å². The molecule has 2 heterocycles. The first-order chi connectivity index (χ1) is 67.5. The summed E-state index contributed by atoms with van der Waals surface area (Å²) < 4.78 is 411. The van der Waals surface area contributed by atoms with Gasteiger partial charge in [0.25, 0.3) is 23.6 Å². The van der Waals surface area contributed by atoms with Gasteiger partial charge in [0.15, 0.2) is 23.0 Å². The van der Waals surface area contributed by atoms with Crippen molar-refractivity contribution in [2.45, 2.75) is 154 Å². The van der Waals surface area contributed by atoms with Gasteiger partial charge in [-0.15, -0.1) is 0 Å². The molecule has 15 aromatic carbocycles. The molecule has 0 atom stereocenters. The predicted octanol–water partition coefficient (Wildman–Crippen LogP) is 35.0. The number of amides is 4. The van der Waals surface area contributed by atoms with Crippen LogP contribution in [0.3, 0.4) is 0 Å². The van der Waals surface area contributed by atoms with Gasteiger partial charge in [0.1, 0.15) is 80.4 Å². The highest BCUT2D eigenvalue weighted by Crippen LogP contribution is 2.62. The number of anilines is 2. The molecule has 4 amide bonds. The first-order valence-corrected chi connectivity index (χ1v) is 44.0. The molecule has 0 unspecified atom stereocenters. The Kier molecular flexibility index (Phi) is 24.6. The van der Waals surface area contributed by atoms with E-state index in [1.165, 1.54) is 48.5 Å². The standard InChI is InChI=1S/C108H74F24N2O12/c1-97(2,3)51-19-27-63(28-20-51)139-79-47-71-83-72(94(136)133(93(71)135)91-75(143-67-39-55(101(109,110)111)35-56(40-67)102(112,113)114)15-13-16-76(91)144-68-41-57(103(115,116)117)36-58(42-68)104(118,119)120)49-81(141-65-31-23-53(24-32-65)99(7,8)9)87-88-82(142-66-33-25-54(26-34-66)100(10,11)12)50-74-84-73(48-80(86(90(84)88)85(79)89(83)87)140-64-29-21-52(22-30-64)98(4,5)6)95(137)134(96(74)138)92-77(145-69-43-59(105(121,122)123)37-60(44-69)106(124,125)126)17-14-18-78(92)146-70-45-61(107(127,128)129)38-62(46-70)108(130,131)132/h13-50H,1-12H3. The van der Waals surface area contributed by atoms with Crippen LogP contribution in [0, 0.1) is 0 Å². The number of imide groups is 2. The van der Waals surface area contributed by atoms with Crippen molar-refractivity contribution in [2.75, 3.05) is 9.80 Å². The minimum Gasteiger partial charge on any atom is -0.457 e. The smallest absolute Gasteiger partial charge is 0.416 e. The molecule has 146 heavy (non-hydrogen) atoms. The zero-order valence-corrected chi connectivity index (χ0v) is 77.8. The normalized spacial score (nSPS) is 13.9. The maximum Gasteiger partial charge on any atom is 0.416 e. The van der Waals surface area contributed by atoms with E-state index in [9.17, 15) is 105 Å². The molecule has 0 saturated carbocycles. The van der Waals surface area contributed by atoms with E-state index in [1.54, 1.807) is 48.5 Å². The minimum atomic E-state index is -5.63. The third kappa shape index (κ3) is 19.9. The van der Waals surface area contributed by atoms with E-state index in [1.807, 2.05) is 83.1 Å². The van der Waals surface area contributed by atoms with E-state index in [2.05, 4.69) is 0 Å². The summed E-state index contributed by atoms with van der Waals surface area (Å²) in [6.07, 6.45) is -45.1. The van der Waals surface area contributed by atoms with E-state index in [0.29, 0.717) is 22.3 Å². The molecule has 0 fully saturated rings. The lowest BCUT2D eigenvalue weighted by Gasteiger charge is -2.33. The minimum absolute atomic E-state index is 0.0388. The van der Waals surface area contributed by atoms with E-state index in [4.69, 9.17) is 37.9 Å². The van der Waals surface area contributed by atoms with Crippen molar-refractivity contribution in [1.82, 2.24) is 0 Å². The quantitative estimate of drug-likeness (QED) is 0.0348. The summed E-state index contributed by atoms with van der Waals surface area (Å²) in [5, 5.41) is -3.27. The van der Waals surface area contributed by atoms with Crippen molar-refractivity contribution >= 4 is 78.1 Å². The summed E-state index contributed by atoms with van der Waals surface area (Å²) in [5.41, 5.74) is -21.9. The fourth-order valence-corrected chi connectivity index (χ4v) is 17.1. The van der Waals surface area contributed by atoms with Gasteiger partial charge in [-0.3, -0.25) is 19.2 Å². The molecule has 17 rings (SSSR count). The molecule has 756 valence electrons. The second-order valence-corrected chi connectivity index (χ2v) is 38.7. The van der Waals surface area contributed by atoms with Gasteiger partial charge < -0.3 is 37.9 Å². The van der Waals surface area contributed by atoms with Gasteiger partial charge in [0, 0.05) is 43.1 Å². The van der Waals surface area contributed by atoms with Crippen molar-refractivity contribution in [3.8, 4) is 92.0 Å². The van der Waals surface area contributed by atoms with Crippen LogP contribution in [-0.4, -0.2) is 23.6 Å². The number of nitrogens with zero attached hydrogens (tertiary/aromatic N) is 2. The zero-order chi connectivity index (χ0) is 106. The average molecular weight is 2050 g/mol. The maximum atomic E-state index is 17.2. The van der Waals surface area contributed by atoms with Crippen LogP contribution in [-0.2, 0) is 71.1 Å². The second-order valence-electron chi connectivity index (χ2n) is 38.7. The van der Waals surface area contributed by atoms with E-state index in [0.717, 1.165) is 60.7 Å². The first-order valence-electron chi connectivity index (χ1n) is 44.0. The fraction of sp³-hybridized carbons (Fsp3) is 0.222. The van der Waals surface area contributed by atoms with Gasteiger partial charge in [0.2, 0.25) is 0 Å². The van der Waals surface area contributed by atoms with Crippen molar-refractivity contribution < 1.29 is 162 Å². The van der Waals surface area contributed by atoms with Gasteiger partial charge >= 0.3 is 49.4 Å². The molecule has 0 N–H and O–H groups in total. The lowest BCUT2D eigenvalue weighted by Crippen LogP contribution is -2.41. The summed E-state index contributed by atoms with van der Waals surface area (Å²) >= 11 is 0. The Morgan fingerprint density at radius 2 is 0.329 bits per heavy atom. The summed E-state index contributed by atoms with van der Waals surface area (Å²) in [6.45, 7) is 22.0. The Labute approximate surface area is 812 Å². The molecule has 15 aromatic rings. The number of fused-ring (bicyclic) bond motifs is 2. The number of halogens is 24. The van der Waals surface area contributed by atoms with Gasteiger partial charge in [0.05, 0.1) is 66.8 Å². The number of alkyl halides is 24. The molecule has 2 aliphatic heterocycles. The Balaban J connectivity index is 1.04. The number of hydrogen-bond acceptors (Lipinski definition) is 12. The van der Waals surface area contributed by atoms with Crippen molar-refractivity contribution in [2.24, 2.45) is 0 Å². The first kappa shape index (κ1) is 102. The van der Waals surface area contributed by atoms with Crippen LogP contribution in [0.1, 0.15) is 191 Å². The number of ether oxygens (including phenoxy) is 8. The SMILES string of the molecule is CC(C)(C)c1ccc(Oc2cc3c4c(cc(Oc5ccc(C(C)(C)C)cc5)c5c6c(Oc7ccc(C(C)(C)C)cc7)cc7c8c(cc(Oc9ccc(C(C)(C)C)cc9)c(c2c45)c86)C(=O)N(c2c(Oc4cc(C(F)(F)F)cc(C(F)(F)F)c4)cccc2Oc2cc(C(F)(F)F)cc(C(F)(F)F)c2)C7=O)C(=O)N(c2c(Oc4cc(C(F)(F)F)cc(C(F)(F)F)c4)cccc2Oc2cc(C(F)(F)F)cc(C(F)(F)F)c2)C3=O)cc1. The molecular formula is C108H74F24N2O12. The summed E-state index contributed by atoms with van der Waals surface area (Å²) in [7, 11) is 0. The zero-order valence-electron chi connectivity index (χ0n) is 77.8. The highest BCUT2D eigenvalue weighted by molar-refractivity contribution is 6.48. The van der Waals surface area contributed by atoms with Crippen LogP contribution in [0.25, 0.3) is 43.1 Å². The third-order valence-corrected chi connectivity index (χ3v) is 24.2. The maximum absolute atomic E-state index is 17.2. The Morgan fingerprint density at radius 3 is 0.479 bits per heavy atom. The predicted molar refractivity (Wildman–Crippen MR) is 490 cm³/mol. The van der Waals surface area contributed by atoms with Crippen LogP contribution in [0.5, 0.6) is 92.0 Å². The van der Waals surface area contributed by atoms with Crippen LogP contribution in [0.15, 0.2) is 231 Å². The Bertz CT molecular complexity index is 6800. The highest BCUT2D eigenvalue weighted by Gasteiger charge is 2.49. The largest absolute Gasteiger partial charge is 0.457 e. The summed E-state index contributed by atoms with van der Waals surface area (Å²) in [5.74, 6) is -20.0. The molecule has 0 aromatic heterocycles. The monoisotopic (exact) mass is 2050 g/mol. The van der Waals surface area contributed by atoms with Gasteiger partial charge in [-0.05, 0) is 214 Å². The number of hydrogen-bond donors (Lipinski definition) is 0. The molecule has 0 saturated heterocycles. The fourth-order valence-electron chi connectivity index (χ4n) is 17.1. The van der Waals surface area contributed by atoms with Gasteiger partial charge in [-0.25, -0.2) is 9.80 Å². The Morgan fingerprint density at radius 1 is 0.171 bits per heavy atom. The van der Waals surface area contributed by atoms with Crippen LogP contribution < -0.4 is 47.7 Å². The van der Waals surface area contributed by atoms with Gasteiger partial charge in [-0.2, -0.15) is 105 Å². The lowest BCUT2D eigenvalue weighted by atomic mass is 9.80. The van der Waals surface area contributed by atoms with Crippen molar-refractivity contribution in [1.29, 1.82) is 0 Å². The topological polar surface area (TPSA) is 149 Å². The number of rotatable bonds is 18. The molecular weight excluding hydrogens is 1970 g/mol. The Hall–Kier alpha value is -15.4.